The Balaban J connectivity index is 2.85. The number of benzene rings is 1. The van der Waals surface area contributed by atoms with Gasteiger partial charge in [0.25, 0.3) is 0 Å². The van der Waals surface area contributed by atoms with E-state index < -0.39 is 17.5 Å². The minimum atomic E-state index is -0.730. The van der Waals surface area contributed by atoms with Crippen LogP contribution in [0.15, 0.2) is 18.2 Å². The summed E-state index contributed by atoms with van der Waals surface area (Å²) >= 11 is 0. The molecule has 17 heavy (non-hydrogen) atoms. The molecule has 0 fully saturated rings. The zero-order chi connectivity index (χ0) is 13.1. The third-order valence-corrected chi connectivity index (χ3v) is 1.81. The van der Waals surface area contributed by atoms with Gasteiger partial charge in [0.2, 0.25) is 0 Å². The van der Waals surface area contributed by atoms with Crippen molar-refractivity contribution in [2.45, 2.75) is 26.4 Å². The van der Waals surface area contributed by atoms with E-state index in [0.29, 0.717) is 6.29 Å². The molecule has 1 aromatic carbocycles. The maximum Gasteiger partial charge on any atom is 0.412 e. The lowest BCUT2D eigenvalue weighted by molar-refractivity contribution is 0.0636. The van der Waals surface area contributed by atoms with Crippen LogP contribution in [0.1, 0.15) is 31.1 Å². The number of carbonyl (C=O) groups is 2. The molecule has 0 aliphatic heterocycles. The highest BCUT2D eigenvalue weighted by molar-refractivity contribution is 5.93. The van der Waals surface area contributed by atoms with Crippen molar-refractivity contribution in [3.8, 4) is 0 Å². The Morgan fingerprint density at radius 3 is 2.59 bits per heavy atom. The van der Waals surface area contributed by atoms with Crippen LogP contribution in [0.5, 0.6) is 0 Å². The molecule has 1 amide bonds. The number of halogens is 1. The van der Waals surface area contributed by atoms with Crippen LogP contribution >= 0.6 is 0 Å². The highest BCUT2D eigenvalue weighted by atomic mass is 19.1. The van der Waals surface area contributed by atoms with Crippen molar-refractivity contribution >= 4 is 18.1 Å². The highest BCUT2D eigenvalue weighted by Crippen LogP contribution is 2.18. The molecule has 0 radical (unpaired) electrons. The second-order valence-corrected chi connectivity index (χ2v) is 4.45. The van der Waals surface area contributed by atoms with Crippen LogP contribution in [0, 0.1) is 5.82 Å². The van der Waals surface area contributed by atoms with Gasteiger partial charge in [0.15, 0.2) is 6.29 Å². The van der Waals surface area contributed by atoms with Gasteiger partial charge in [-0.05, 0) is 32.9 Å². The number of ether oxygens (including phenoxy) is 1. The molecule has 0 spiro atoms. The average molecular weight is 239 g/mol. The third-order valence-electron chi connectivity index (χ3n) is 1.81. The molecule has 5 heteroatoms. The van der Waals surface area contributed by atoms with Gasteiger partial charge in [-0.25, -0.2) is 9.18 Å². The van der Waals surface area contributed by atoms with Gasteiger partial charge in [0.05, 0.1) is 11.3 Å². The summed E-state index contributed by atoms with van der Waals surface area (Å²) in [6.45, 7) is 5.12. The summed E-state index contributed by atoms with van der Waals surface area (Å²) in [4.78, 5) is 22.1. The summed E-state index contributed by atoms with van der Waals surface area (Å²) in [6.07, 6.45) is -0.381. The van der Waals surface area contributed by atoms with Crippen LogP contribution in [-0.2, 0) is 4.74 Å². The van der Waals surface area contributed by atoms with E-state index in [1.54, 1.807) is 20.8 Å². The SMILES string of the molecule is CC(C)(C)OC(=O)Nc1cccc(F)c1C=O. The maximum absolute atomic E-state index is 13.2. The normalized spacial score (nSPS) is 10.8. The standard InChI is InChI=1S/C12H14FNO3/c1-12(2,3)17-11(16)14-10-6-4-5-9(13)8(10)7-15/h4-7H,1-3H3,(H,14,16). The fourth-order valence-electron chi connectivity index (χ4n) is 1.18. The number of rotatable bonds is 2. The highest BCUT2D eigenvalue weighted by Gasteiger charge is 2.17. The molecule has 0 aliphatic carbocycles. The molecular formula is C12H14FNO3. The monoisotopic (exact) mass is 239 g/mol. The first-order chi connectivity index (χ1) is 7.83. The summed E-state index contributed by atoms with van der Waals surface area (Å²) in [6, 6.07) is 3.97. The second kappa shape index (κ2) is 4.95. The summed E-state index contributed by atoms with van der Waals surface area (Å²) < 4.78 is 18.2. The molecule has 0 aromatic heterocycles. The number of hydrogen-bond donors (Lipinski definition) is 1. The van der Waals surface area contributed by atoms with Crippen LogP contribution in [0.4, 0.5) is 14.9 Å². The van der Waals surface area contributed by atoms with E-state index >= 15 is 0 Å². The molecule has 0 saturated heterocycles. The number of aldehydes is 1. The van der Waals surface area contributed by atoms with Crippen LogP contribution in [-0.4, -0.2) is 18.0 Å². The van der Waals surface area contributed by atoms with Crippen LogP contribution in [0.25, 0.3) is 0 Å². The van der Waals surface area contributed by atoms with Crippen molar-refractivity contribution in [3.63, 3.8) is 0 Å². The van der Waals surface area contributed by atoms with Gasteiger partial charge in [0.1, 0.15) is 11.4 Å². The van der Waals surface area contributed by atoms with E-state index in [1.807, 2.05) is 0 Å². The van der Waals surface area contributed by atoms with E-state index in [-0.39, 0.29) is 11.3 Å². The lowest BCUT2D eigenvalue weighted by atomic mass is 10.2. The summed E-state index contributed by atoms with van der Waals surface area (Å²) in [5.41, 5.74) is -0.758. The molecule has 1 rings (SSSR count). The Bertz CT molecular complexity index is 438. The van der Waals surface area contributed by atoms with E-state index in [9.17, 15) is 14.0 Å². The molecule has 0 saturated carbocycles. The minimum Gasteiger partial charge on any atom is -0.444 e. The van der Waals surface area contributed by atoms with Crippen LogP contribution in [0.2, 0.25) is 0 Å². The smallest absolute Gasteiger partial charge is 0.412 e. The maximum atomic E-state index is 13.2. The number of amides is 1. The topological polar surface area (TPSA) is 55.4 Å². The number of anilines is 1. The number of hydrogen-bond acceptors (Lipinski definition) is 3. The molecule has 1 aromatic rings. The molecule has 92 valence electrons. The Hall–Kier alpha value is -1.91. The van der Waals surface area contributed by atoms with Gasteiger partial charge in [-0.15, -0.1) is 0 Å². The molecule has 0 bridgehead atoms. The molecule has 0 aliphatic rings. The lowest BCUT2D eigenvalue weighted by Gasteiger charge is -2.20. The van der Waals surface area contributed by atoms with Crippen molar-refractivity contribution in [3.05, 3.63) is 29.6 Å². The summed E-state index contributed by atoms with van der Waals surface area (Å²) in [7, 11) is 0. The molecule has 4 nitrogen and oxygen atoms in total. The molecule has 0 atom stereocenters. The van der Waals surface area contributed by atoms with Crippen molar-refractivity contribution in [1.29, 1.82) is 0 Å². The summed E-state index contributed by atoms with van der Waals surface area (Å²) in [5, 5.41) is 2.33. The molecule has 0 heterocycles. The largest absolute Gasteiger partial charge is 0.444 e. The van der Waals surface area contributed by atoms with Gasteiger partial charge >= 0.3 is 6.09 Å². The first kappa shape index (κ1) is 13.2. The quantitative estimate of drug-likeness (QED) is 0.807. The second-order valence-electron chi connectivity index (χ2n) is 4.45. The fraction of sp³-hybridized carbons (Fsp3) is 0.333. The van der Waals surface area contributed by atoms with E-state index in [4.69, 9.17) is 4.74 Å². The van der Waals surface area contributed by atoms with Crippen molar-refractivity contribution in [2.75, 3.05) is 5.32 Å². The van der Waals surface area contributed by atoms with Crippen molar-refractivity contribution in [2.24, 2.45) is 0 Å². The molecule has 0 unspecified atom stereocenters. The Kier molecular flexibility index (Phi) is 3.83. The first-order valence-corrected chi connectivity index (χ1v) is 5.07. The van der Waals surface area contributed by atoms with E-state index in [0.717, 1.165) is 6.07 Å². The zero-order valence-corrected chi connectivity index (χ0v) is 9.91. The third kappa shape index (κ3) is 3.86. The minimum absolute atomic E-state index is 0.0919. The number of nitrogens with one attached hydrogen (secondary N) is 1. The van der Waals surface area contributed by atoms with Gasteiger partial charge in [0, 0.05) is 0 Å². The Labute approximate surface area is 98.8 Å². The van der Waals surface area contributed by atoms with Gasteiger partial charge in [-0.1, -0.05) is 6.07 Å². The molecule has 1 N–H and O–H groups in total. The van der Waals surface area contributed by atoms with Gasteiger partial charge in [-0.2, -0.15) is 0 Å². The zero-order valence-electron chi connectivity index (χ0n) is 9.91. The van der Waals surface area contributed by atoms with Gasteiger partial charge in [-0.3, -0.25) is 10.1 Å². The van der Waals surface area contributed by atoms with E-state index in [1.165, 1.54) is 12.1 Å². The Morgan fingerprint density at radius 2 is 2.06 bits per heavy atom. The van der Waals surface area contributed by atoms with Crippen molar-refractivity contribution < 1.29 is 18.7 Å². The summed E-state index contributed by atoms with van der Waals surface area (Å²) in [5.74, 6) is -0.687. The predicted octanol–water partition coefficient (Wildman–Crippen LogP) is 2.99. The van der Waals surface area contributed by atoms with E-state index in [2.05, 4.69) is 5.32 Å². The molecular weight excluding hydrogens is 225 g/mol. The lowest BCUT2D eigenvalue weighted by Crippen LogP contribution is -2.27. The number of carbonyl (C=O) groups excluding carboxylic acids is 2. The fourth-order valence-corrected chi connectivity index (χ4v) is 1.18. The Morgan fingerprint density at radius 1 is 1.41 bits per heavy atom. The predicted molar refractivity (Wildman–Crippen MR) is 61.6 cm³/mol. The van der Waals surface area contributed by atoms with Crippen LogP contribution < -0.4 is 5.32 Å². The first-order valence-electron chi connectivity index (χ1n) is 5.07. The van der Waals surface area contributed by atoms with Crippen LogP contribution in [0.3, 0.4) is 0 Å². The average Bonchev–Trinajstić information content (AvgIpc) is 2.14. The van der Waals surface area contributed by atoms with Crippen molar-refractivity contribution in [1.82, 2.24) is 0 Å². The van der Waals surface area contributed by atoms with Gasteiger partial charge < -0.3 is 4.74 Å².